The molecule has 3 nitrogen and oxygen atoms in total. The molecule has 0 aliphatic heterocycles. The van der Waals surface area contributed by atoms with E-state index in [1.807, 2.05) is 19.1 Å². The van der Waals surface area contributed by atoms with Gasteiger partial charge in [-0.25, -0.2) is 0 Å². The largest absolute Gasteiger partial charge is 0.508 e. The SMILES string of the molecule is Cc1ccc(O)c([C@@H](N)CCO)c1.Cl. The number of hydrogen-bond acceptors (Lipinski definition) is 3. The molecule has 0 saturated heterocycles. The van der Waals surface area contributed by atoms with Crippen molar-refractivity contribution in [2.75, 3.05) is 6.61 Å². The van der Waals surface area contributed by atoms with Crippen LogP contribution in [0.5, 0.6) is 5.75 Å². The molecule has 0 aromatic heterocycles. The smallest absolute Gasteiger partial charge is 0.120 e. The maximum Gasteiger partial charge on any atom is 0.120 e. The Morgan fingerprint density at radius 1 is 1.43 bits per heavy atom. The van der Waals surface area contributed by atoms with Crippen molar-refractivity contribution in [3.63, 3.8) is 0 Å². The van der Waals surface area contributed by atoms with Crippen LogP contribution in [0.4, 0.5) is 0 Å². The number of aliphatic hydroxyl groups is 1. The number of aromatic hydroxyl groups is 1. The molecule has 4 N–H and O–H groups in total. The van der Waals surface area contributed by atoms with Gasteiger partial charge in [0, 0.05) is 18.2 Å². The molecule has 1 rings (SSSR count). The minimum atomic E-state index is -0.287. The predicted molar refractivity (Wildman–Crippen MR) is 58.7 cm³/mol. The predicted octanol–water partition coefficient (Wildman–Crippen LogP) is 1.50. The first-order valence-corrected chi connectivity index (χ1v) is 4.31. The van der Waals surface area contributed by atoms with Crippen molar-refractivity contribution < 1.29 is 10.2 Å². The zero-order chi connectivity index (χ0) is 9.84. The van der Waals surface area contributed by atoms with Crippen LogP contribution in [0.3, 0.4) is 0 Å². The maximum atomic E-state index is 9.47. The molecule has 1 atom stereocenters. The average molecular weight is 218 g/mol. The molecule has 1 aromatic rings. The van der Waals surface area contributed by atoms with E-state index < -0.39 is 0 Å². The molecule has 1 aromatic carbocycles. The Bertz CT molecular complexity index is 291. The van der Waals surface area contributed by atoms with Gasteiger partial charge in [0.2, 0.25) is 0 Å². The summed E-state index contributed by atoms with van der Waals surface area (Å²) in [5, 5.41) is 18.2. The monoisotopic (exact) mass is 217 g/mol. The minimum Gasteiger partial charge on any atom is -0.508 e. The summed E-state index contributed by atoms with van der Waals surface area (Å²) in [6.45, 7) is 1.98. The van der Waals surface area contributed by atoms with E-state index in [0.717, 1.165) is 5.56 Å². The Labute approximate surface area is 90.0 Å². The molecule has 0 saturated carbocycles. The third kappa shape index (κ3) is 3.18. The Morgan fingerprint density at radius 3 is 2.64 bits per heavy atom. The number of phenolic OH excluding ortho intramolecular Hbond substituents is 1. The van der Waals surface area contributed by atoms with Crippen LogP contribution in [0.2, 0.25) is 0 Å². The van der Waals surface area contributed by atoms with Gasteiger partial charge in [-0.05, 0) is 19.4 Å². The number of phenols is 1. The highest BCUT2D eigenvalue weighted by molar-refractivity contribution is 5.85. The minimum absolute atomic E-state index is 0. The molecule has 0 amide bonds. The summed E-state index contributed by atoms with van der Waals surface area (Å²) >= 11 is 0. The molecule has 0 unspecified atom stereocenters. The van der Waals surface area contributed by atoms with Gasteiger partial charge in [-0.15, -0.1) is 12.4 Å². The molecule has 0 heterocycles. The molecule has 0 radical (unpaired) electrons. The third-order valence-corrected chi connectivity index (χ3v) is 2.02. The second-order valence-corrected chi connectivity index (χ2v) is 3.18. The zero-order valence-corrected chi connectivity index (χ0v) is 8.92. The summed E-state index contributed by atoms with van der Waals surface area (Å²) in [4.78, 5) is 0. The van der Waals surface area contributed by atoms with E-state index >= 15 is 0 Å². The third-order valence-electron chi connectivity index (χ3n) is 2.02. The van der Waals surface area contributed by atoms with E-state index in [9.17, 15) is 5.11 Å². The normalized spacial score (nSPS) is 11.9. The number of halogens is 1. The van der Waals surface area contributed by atoms with Crippen molar-refractivity contribution in [2.24, 2.45) is 5.73 Å². The van der Waals surface area contributed by atoms with Gasteiger partial charge in [0.1, 0.15) is 5.75 Å². The van der Waals surface area contributed by atoms with E-state index in [-0.39, 0.29) is 30.8 Å². The van der Waals surface area contributed by atoms with Crippen molar-refractivity contribution in [1.29, 1.82) is 0 Å². The second-order valence-electron chi connectivity index (χ2n) is 3.18. The van der Waals surface area contributed by atoms with E-state index in [2.05, 4.69) is 0 Å². The number of aliphatic hydroxyl groups excluding tert-OH is 1. The lowest BCUT2D eigenvalue weighted by Gasteiger charge is -2.12. The van der Waals surface area contributed by atoms with Crippen LogP contribution in [0.1, 0.15) is 23.6 Å². The van der Waals surface area contributed by atoms with Crippen molar-refractivity contribution >= 4 is 12.4 Å². The van der Waals surface area contributed by atoms with Gasteiger partial charge in [0.15, 0.2) is 0 Å². The highest BCUT2D eigenvalue weighted by Crippen LogP contribution is 2.25. The van der Waals surface area contributed by atoms with E-state index in [4.69, 9.17) is 10.8 Å². The maximum absolute atomic E-state index is 9.47. The molecule has 0 aliphatic carbocycles. The molecule has 80 valence electrons. The van der Waals surface area contributed by atoms with Gasteiger partial charge in [0.25, 0.3) is 0 Å². The van der Waals surface area contributed by atoms with Crippen LogP contribution in [0.25, 0.3) is 0 Å². The van der Waals surface area contributed by atoms with Gasteiger partial charge < -0.3 is 15.9 Å². The van der Waals surface area contributed by atoms with Crippen LogP contribution in [-0.2, 0) is 0 Å². The Balaban J connectivity index is 0.00000169. The van der Waals surface area contributed by atoms with Gasteiger partial charge in [-0.1, -0.05) is 17.7 Å². The van der Waals surface area contributed by atoms with Crippen LogP contribution in [-0.4, -0.2) is 16.8 Å². The molecule has 0 bridgehead atoms. The summed E-state index contributed by atoms with van der Waals surface area (Å²) < 4.78 is 0. The average Bonchev–Trinajstić information content (AvgIpc) is 2.09. The van der Waals surface area contributed by atoms with Crippen molar-refractivity contribution in [3.8, 4) is 5.75 Å². The Morgan fingerprint density at radius 2 is 2.07 bits per heavy atom. The first-order chi connectivity index (χ1) is 6.15. The molecular weight excluding hydrogens is 202 g/mol. The van der Waals surface area contributed by atoms with E-state index in [1.54, 1.807) is 6.07 Å². The molecule has 14 heavy (non-hydrogen) atoms. The lowest BCUT2D eigenvalue weighted by molar-refractivity contribution is 0.275. The van der Waals surface area contributed by atoms with Gasteiger partial charge in [0.05, 0.1) is 0 Å². The molecule has 0 aliphatic rings. The summed E-state index contributed by atoms with van der Waals surface area (Å²) in [6, 6.07) is 5.01. The summed E-state index contributed by atoms with van der Waals surface area (Å²) in [6.07, 6.45) is 0.469. The Kier molecular flexibility index (Phi) is 5.53. The first-order valence-electron chi connectivity index (χ1n) is 4.31. The van der Waals surface area contributed by atoms with Crippen molar-refractivity contribution in [2.45, 2.75) is 19.4 Å². The Hall–Kier alpha value is -0.770. The lowest BCUT2D eigenvalue weighted by atomic mass is 10.0. The lowest BCUT2D eigenvalue weighted by Crippen LogP contribution is -2.12. The molecular formula is C10H16ClNO2. The standard InChI is InChI=1S/C10H15NO2.ClH/c1-7-2-3-10(13)8(6-7)9(11)4-5-12;/h2-3,6,9,12-13H,4-5,11H2,1H3;1H/t9-;/m0./s1. The summed E-state index contributed by atoms with van der Waals surface area (Å²) in [5.74, 6) is 0.201. The van der Waals surface area contributed by atoms with Crippen LogP contribution in [0, 0.1) is 6.92 Å². The number of aryl methyl sites for hydroxylation is 1. The number of hydrogen-bond donors (Lipinski definition) is 3. The fourth-order valence-corrected chi connectivity index (χ4v) is 1.27. The topological polar surface area (TPSA) is 66.5 Å². The van der Waals surface area contributed by atoms with E-state index in [0.29, 0.717) is 12.0 Å². The van der Waals surface area contributed by atoms with Gasteiger partial charge in [-0.2, -0.15) is 0 Å². The number of rotatable bonds is 3. The van der Waals surface area contributed by atoms with Gasteiger partial charge >= 0.3 is 0 Å². The number of nitrogens with two attached hydrogens (primary N) is 1. The van der Waals surface area contributed by atoms with Gasteiger partial charge in [-0.3, -0.25) is 0 Å². The van der Waals surface area contributed by atoms with Crippen molar-refractivity contribution in [1.82, 2.24) is 0 Å². The highest BCUT2D eigenvalue weighted by Gasteiger charge is 2.09. The highest BCUT2D eigenvalue weighted by atomic mass is 35.5. The fourth-order valence-electron chi connectivity index (χ4n) is 1.27. The first kappa shape index (κ1) is 13.2. The zero-order valence-electron chi connectivity index (χ0n) is 8.10. The molecule has 4 heteroatoms. The van der Waals surface area contributed by atoms with E-state index in [1.165, 1.54) is 0 Å². The van der Waals surface area contributed by atoms with Crippen LogP contribution >= 0.6 is 12.4 Å². The second kappa shape index (κ2) is 5.86. The van der Waals surface area contributed by atoms with Crippen LogP contribution < -0.4 is 5.73 Å². The van der Waals surface area contributed by atoms with Crippen molar-refractivity contribution in [3.05, 3.63) is 29.3 Å². The summed E-state index contributed by atoms with van der Waals surface area (Å²) in [5.41, 5.74) is 7.51. The fraction of sp³-hybridized carbons (Fsp3) is 0.400. The summed E-state index contributed by atoms with van der Waals surface area (Å²) in [7, 11) is 0. The quantitative estimate of drug-likeness (QED) is 0.719. The van der Waals surface area contributed by atoms with Crippen LogP contribution in [0.15, 0.2) is 18.2 Å². The molecule has 0 spiro atoms. The number of benzene rings is 1. The molecule has 0 fully saturated rings.